The molecule has 0 aliphatic rings. The molecule has 5 nitrogen and oxygen atoms in total. The van der Waals surface area contributed by atoms with E-state index in [0.29, 0.717) is 13.0 Å². The molecule has 0 saturated heterocycles. The first kappa shape index (κ1) is 21.3. The van der Waals surface area contributed by atoms with Crippen LogP contribution in [0.25, 0.3) is 10.9 Å². The quantitative estimate of drug-likeness (QED) is 0.521. The fourth-order valence-corrected chi connectivity index (χ4v) is 4.89. The van der Waals surface area contributed by atoms with Crippen LogP contribution in [0.3, 0.4) is 0 Å². The second kappa shape index (κ2) is 9.41. The molecule has 0 fully saturated rings. The van der Waals surface area contributed by atoms with Crippen molar-refractivity contribution in [3.63, 3.8) is 0 Å². The highest BCUT2D eigenvalue weighted by atomic mass is 32.2. The van der Waals surface area contributed by atoms with E-state index in [1.807, 2.05) is 61.0 Å². The largest absolute Gasteiger partial charge is 0.489 e. The van der Waals surface area contributed by atoms with Gasteiger partial charge in [0.2, 0.25) is 11.0 Å². The minimum atomic E-state index is -1.01. The average molecular weight is 429 g/mol. The van der Waals surface area contributed by atoms with Gasteiger partial charge in [0, 0.05) is 30.4 Å². The molecular weight excluding hydrogens is 404 g/mol. The molecule has 3 rings (SSSR count). The Morgan fingerprint density at radius 2 is 1.90 bits per heavy atom. The SMILES string of the molecule is CSC(=O)C(Cc1c[nH]c2ccc(OCc3ccccc3)cc12)(NC(C)=O)SC. The number of aromatic amines is 1. The van der Waals surface area contributed by atoms with Crippen LogP contribution < -0.4 is 10.1 Å². The molecule has 1 amide bonds. The predicted molar refractivity (Wildman–Crippen MR) is 121 cm³/mol. The molecule has 2 N–H and O–H groups in total. The van der Waals surface area contributed by atoms with E-state index < -0.39 is 4.87 Å². The van der Waals surface area contributed by atoms with Crippen molar-refractivity contribution in [2.75, 3.05) is 12.5 Å². The number of benzene rings is 2. The summed E-state index contributed by atoms with van der Waals surface area (Å²) >= 11 is 2.47. The Labute approximate surface area is 179 Å². The van der Waals surface area contributed by atoms with Crippen molar-refractivity contribution in [2.24, 2.45) is 0 Å². The maximum Gasteiger partial charge on any atom is 0.224 e. The number of hydrogen-bond donors (Lipinski definition) is 2. The number of fused-ring (bicyclic) bond motifs is 1. The summed E-state index contributed by atoms with van der Waals surface area (Å²) < 4.78 is 5.95. The number of aromatic nitrogens is 1. The van der Waals surface area contributed by atoms with E-state index in [4.69, 9.17) is 4.74 Å². The summed E-state index contributed by atoms with van der Waals surface area (Å²) in [6.07, 6.45) is 5.86. The van der Waals surface area contributed by atoms with Crippen molar-refractivity contribution in [3.05, 3.63) is 65.9 Å². The van der Waals surface area contributed by atoms with Gasteiger partial charge in [0.05, 0.1) is 0 Å². The Bertz CT molecular complexity index is 1000. The van der Waals surface area contributed by atoms with E-state index in [1.54, 1.807) is 6.26 Å². The third-order valence-corrected chi connectivity index (χ3v) is 6.65. The third kappa shape index (κ3) is 4.97. The number of thioether (sulfide) groups is 2. The Kier molecular flexibility index (Phi) is 6.92. The number of amides is 1. The molecule has 152 valence electrons. The van der Waals surface area contributed by atoms with Gasteiger partial charge in [-0.1, -0.05) is 42.1 Å². The van der Waals surface area contributed by atoms with Gasteiger partial charge in [0.25, 0.3) is 0 Å². The summed E-state index contributed by atoms with van der Waals surface area (Å²) in [5.74, 6) is 0.529. The molecule has 1 atom stereocenters. The van der Waals surface area contributed by atoms with Crippen molar-refractivity contribution in [3.8, 4) is 5.75 Å². The van der Waals surface area contributed by atoms with Gasteiger partial charge in [-0.2, -0.15) is 0 Å². The molecule has 0 radical (unpaired) electrons. The molecule has 29 heavy (non-hydrogen) atoms. The average Bonchev–Trinajstić information content (AvgIpc) is 3.13. The monoisotopic (exact) mass is 428 g/mol. The topological polar surface area (TPSA) is 71.2 Å². The molecule has 1 heterocycles. The van der Waals surface area contributed by atoms with Gasteiger partial charge in [-0.25, -0.2) is 0 Å². The Morgan fingerprint density at radius 1 is 1.14 bits per heavy atom. The summed E-state index contributed by atoms with van der Waals surface area (Å²) in [6, 6.07) is 15.9. The van der Waals surface area contributed by atoms with Crippen LogP contribution in [0.15, 0.2) is 54.7 Å². The summed E-state index contributed by atoms with van der Waals surface area (Å²) in [7, 11) is 0. The van der Waals surface area contributed by atoms with Crippen molar-refractivity contribution in [1.29, 1.82) is 0 Å². The maximum absolute atomic E-state index is 12.7. The number of carbonyl (C=O) groups is 2. The fraction of sp³-hybridized carbons (Fsp3) is 0.273. The second-order valence-electron chi connectivity index (χ2n) is 6.68. The van der Waals surface area contributed by atoms with Crippen molar-refractivity contribution in [2.45, 2.75) is 24.8 Å². The van der Waals surface area contributed by atoms with Gasteiger partial charge in [-0.15, -0.1) is 11.8 Å². The molecule has 7 heteroatoms. The first-order chi connectivity index (χ1) is 14.0. The normalized spacial score (nSPS) is 13.1. The first-order valence-corrected chi connectivity index (χ1v) is 11.6. The highest BCUT2D eigenvalue weighted by Gasteiger charge is 2.38. The van der Waals surface area contributed by atoms with Gasteiger partial charge in [0.15, 0.2) is 4.87 Å². The third-order valence-electron chi connectivity index (χ3n) is 4.67. The lowest BCUT2D eigenvalue weighted by atomic mass is 10.0. The maximum atomic E-state index is 12.7. The zero-order chi connectivity index (χ0) is 20.9. The van der Waals surface area contributed by atoms with E-state index >= 15 is 0 Å². The van der Waals surface area contributed by atoms with Crippen molar-refractivity contribution >= 4 is 45.4 Å². The molecule has 3 aromatic rings. The lowest BCUT2D eigenvalue weighted by molar-refractivity contribution is -0.123. The summed E-state index contributed by atoms with van der Waals surface area (Å²) in [5, 5.41) is 3.77. The second-order valence-corrected chi connectivity index (χ2v) is 8.56. The number of carbonyl (C=O) groups excluding carboxylic acids is 2. The van der Waals surface area contributed by atoms with E-state index in [0.717, 1.165) is 39.5 Å². The minimum Gasteiger partial charge on any atom is -0.489 e. The first-order valence-electron chi connectivity index (χ1n) is 9.16. The fourth-order valence-electron chi connectivity index (χ4n) is 3.23. The molecule has 1 aromatic heterocycles. The van der Waals surface area contributed by atoms with E-state index in [2.05, 4.69) is 10.3 Å². The van der Waals surface area contributed by atoms with Crippen LogP contribution in [0.2, 0.25) is 0 Å². The lowest BCUT2D eigenvalue weighted by Crippen LogP contribution is -2.51. The van der Waals surface area contributed by atoms with Crippen LogP contribution in [0.4, 0.5) is 0 Å². The van der Waals surface area contributed by atoms with Gasteiger partial charge < -0.3 is 15.0 Å². The molecule has 0 bridgehead atoms. The molecule has 0 saturated carbocycles. The molecule has 2 aromatic carbocycles. The molecule has 0 spiro atoms. The molecule has 0 aliphatic heterocycles. The van der Waals surface area contributed by atoms with Gasteiger partial charge in [0.1, 0.15) is 12.4 Å². The predicted octanol–water partition coefficient (Wildman–Crippen LogP) is 4.37. The van der Waals surface area contributed by atoms with Crippen LogP contribution in [0.5, 0.6) is 5.75 Å². The van der Waals surface area contributed by atoms with Crippen molar-refractivity contribution in [1.82, 2.24) is 10.3 Å². The lowest BCUT2D eigenvalue weighted by Gasteiger charge is -2.30. The van der Waals surface area contributed by atoms with Crippen LogP contribution >= 0.6 is 23.5 Å². The van der Waals surface area contributed by atoms with Crippen LogP contribution in [0.1, 0.15) is 18.1 Å². The summed E-state index contributed by atoms with van der Waals surface area (Å²) in [4.78, 5) is 26.7. The van der Waals surface area contributed by atoms with Gasteiger partial charge in [-0.3, -0.25) is 9.59 Å². The van der Waals surface area contributed by atoms with Crippen LogP contribution in [0, 0.1) is 0 Å². The smallest absolute Gasteiger partial charge is 0.224 e. The Balaban J connectivity index is 1.88. The number of hydrogen-bond acceptors (Lipinski definition) is 5. The number of nitrogens with one attached hydrogen (secondary N) is 2. The number of rotatable bonds is 8. The number of H-pyrrole nitrogens is 1. The van der Waals surface area contributed by atoms with Crippen LogP contribution in [-0.4, -0.2) is 33.4 Å². The van der Waals surface area contributed by atoms with E-state index in [1.165, 1.54) is 18.7 Å². The zero-order valence-corrected chi connectivity index (χ0v) is 18.3. The minimum absolute atomic E-state index is 0.0777. The van der Waals surface area contributed by atoms with Gasteiger partial charge >= 0.3 is 0 Å². The number of ether oxygens (including phenoxy) is 1. The Morgan fingerprint density at radius 3 is 2.55 bits per heavy atom. The molecule has 1 unspecified atom stereocenters. The zero-order valence-electron chi connectivity index (χ0n) is 16.7. The van der Waals surface area contributed by atoms with Crippen LogP contribution in [-0.2, 0) is 22.6 Å². The standard InChI is InChI=1S/C22H24N2O3S2/c1-15(25)24-22(29-3,21(26)28-2)12-17-13-23-20-10-9-18(11-19(17)20)27-14-16-7-5-4-6-8-16/h4-11,13,23H,12,14H2,1-3H3,(H,24,25). The molecular formula is C22H24N2O3S2. The molecule has 0 aliphatic carbocycles. The van der Waals surface area contributed by atoms with Gasteiger partial charge in [-0.05, 0) is 41.8 Å². The van der Waals surface area contributed by atoms with E-state index in [9.17, 15) is 9.59 Å². The van der Waals surface area contributed by atoms with Crippen molar-refractivity contribution < 1.29 is 14.3 Å². The highest BCUT2D eigenvalue weighted by Crippen LogP contribution is 2.33. The highest BCUT2D eigenvalue weighted by molar-refractivity contribution is 8.15. The van der Waals surface area contributed by atoms with E-state index in [-0.39, 0.29) is 11.0 Å². The Hall–Kier alpha value is -2.38. The summed E-state index contributed by atoms with van der Waals surface area (Å²) in [5.41, 5.74) is 3.01. The summed E-state index contributed by atoms with van der Waals surface area (Å²) in [6.45, 7) is 1.92.